The molecule has 1 atom stereocenters. The zero-order valence-corrected chi connectivity index (χ0v) is 9.66. The molecule has 0 bridgehead atoms. The summed E-state index contributed by atoms with van der Waals surface area (Å²) in [7, 11) is -4.35. The number of nitrogens with two attached hydrogens (primary N) is 1. The van der Waals surface area contributed by atoms with E-state index < -0.39 is 27.9 Å². The average Bonchev–Trinajstić information content (AvgIpc) is 1.97. The highest BCUT2D eigenvalue weighted by atomic mass is 32.2. The van der Waals surface area contributed by atoms with Gasteiger partial charge in [0.05, 0.1) is 16.2 Å². The van der Waals surface area contributed by atoms with E-state index in [1.54, 1.807) is 0 Å². The summed E-state index contributed by atoms with van der Waals surface area (Å²) in [5.74, 6) is -2.05. The number of carboxylic acids is 1. The molecular weight excluding hydrogens is 224 g/mol. The van der Waals surface area contributed by atoms with E-state index in [1.807, 2.05) is 0 Å². The smallest absolute Gasteiger partial charge is 0.320 e. The van der Waals surface area contributed by atoms with Crippen molar-refractivity contribution in [1.29, 1.82) is 0 Å². The highest BCUT2D eigenvalue weighted by Gasteiger charge is 2.11. The second-order valence-corrected chi connectivity index (χ2v) is 4.91. The minimum absolute atomic E-state index is 0.346. The molecule has 0 aliphatic rings. The van der Waals surface area contributed by atoms with Gasteiger partial charge in [-0.05, 0) is 20.3 Å². The molecule has 0 fully saturated rings. The fourth-order valence-corrected chi connectivity index (χ4v) is 0.937. The molecule has 0 aliphatic heterocycles. The Morgan fingerprint density at radius 3 is 2.07 bits per heavy atom. The zero-order chi connectivity index (χ0) is 12.6. The number of quaternary nitrogens is 1. The maximum atomic E-state index is 9.99. The molecule has 8 heteroatoms. The summed E-state index contributed by atoms with van der Waals surface area (Å²) in [6, 6.07) is -0.696. The first-order chi connectivity index (χ1) is 6.56. The van der Waals surface area contributed by atoms with Gasteiger partial charge in [0.1, 0.15) is 6.04 Å². The van der Waals surface area contributed by atoms with Crippen LogP contribution in [-0.2, 0) is 14.9 Å². The number of aliphatic carboxylic acids is 1. The molecule has 0 aromatic rings. The first kappa shape index (κ1) is 16.7. The van der Waals surface area contributed by atoms with Crippen LogP contribution in [0.1, 0.15) is 20.3 Å². The Bertz CT molecular complexity index is 272. The molecule has 0 saturated carbocycles. The van der Waals surface area contributed by atoms with Crippen LogP contribution in [0.15, 0.2) is 0 Å². The van der Waals surface area contributed by atoms with Crippen LogP contribution in [0.4, 0.5) is 0 Å². The average molecular weight is 242 g/mol. The van der Waals surface area contributed by atoms with E-state index in [-0.39, 0.29) is 6.42 Å². The summed E-state index contributed by atoms with van der Waals surface area (Å²) in [6.07, 6.45) is -0.346. The van der Waals surface area contributed by atoms with Crippen LogP contribution in [0.25, 0.3) is 0 Å². The summed E-state index contributed by atoms with van der Waals surface area (Å²) in [6.45, 7) is 4.11. The Balaban J connectivity index is 0. The lowest BCUT2D eigenvalue weighted by Gasteiger charge is -2.08. The Hall–Kier alpha value is -0.700. The predicted molar refractivity (Wildman–Crippen MR) is 52.8 cm³/mol. The first-order valence-electron chi connectivity index (χ1n) is 4.31. The van der Waals surface area contributed by atoms with Gasteiger partial charge in [-0.1, -0.05) is 0 Å². The highest BCUT2D eigenvalue weighted by Crippen LogP contribution is 1.92. The molecule has 1 unspecified atom stereocenters. The third-order valence-corrected chi connectivity index (χ3v) is 1.73. The van der Waals surface area contributed by atoms with Gasteiger partial charge >= 0.3 is 5.97 Å². The van der Waals surface area contributed by atoms with E-state index in [1.165, 1.54) is 0 Å². The normalized spacial score (nSPS) is 12.9. The van der Waals surface area contributed by atoms with Crippen molar-refractivity contribution in [3.05, 3.63) is 0 Å². The lowest BCUT2D eigenvalue weighted by atomic mass is 10.2. The van der Waals surface area contributed by atoms with Gasteiger partial charge in [0.2, 0.25) is 0 Å². The summed E-state index contributed by atoms with van der Waals surface area (Å²) >= 11 is 0. The molecule has 0 saturated heterocycles. The van der Waals surface area contributed by atoms with Crippen LogP contribution in [0, 0.1) is 0 Å². The molecule has 15 heavy (non-hydrogen) atoms. The third kappa shape index (κ3) is 19.6. The molecule has 0 heterocycles. The van der Waals surface area contributed by atoms with Crippen LogP contribution < -0.4 is 11.5 Å². The van der Waals surface area contributed by atoms with Crippen molar-refractivity contribution in [2.45, 2.75) is 32.4 Å². The minimum Gasteiger partial charge on any atom is -0.748 e. The second-order valence-electron chi connectivity index (χ2n) is 3.39. The van der Waals surface area contributed by atoms with Crippen molar-refractivity contribution in [3.63, 3.8) is 0 Å². The quantitative estimate of drug-likeness (QED) is 0.484. The summed E-state index contributed by atoms with van der Waals surface area (Å²) < 4.78 is 29.9. The van der Waals surface area contributed by atoms with E-state index in [4.69, 9.17) is 10.8 Å². The zero-order valence-electron chi connectivity index (χ0n) is 8.84. The van der Waals surface area contributed by atoms with Gasteiger partial charge in [0.15, 0.2) is 0 Å². The van der Waals surface area contributed by atoms with Crippen molar-refractivity contribution < 1.29 is 28.6 Å². The van der Waals surface area contributed by atoms with Crippen molar-refractivity contribution in [2.24, 2.45) is 5.73 Å². The Labute approximate surface area is 89.2 Å². The van der Waals surface area contributed by atoms with Gasteiger partial charge in [-0.15, -0.1) is 0 Å². The Kier molecular flexibility index (Phi) is 8.44. The molecule has 92 valence electrons. The van der Waals surface area contributed by atoms with Gasteiger partial charge in [-0.25, -0.2) is 8.42 Å². The van der Waals surface area contributed by atoms with Crippen LogP contribution in [0.3, 0.4) is 0 Å². The van der Waals surface area contributed by atoms with Gasteiger partial charge in [-0.2, -0.15) is 0 Å². The fraction of sp³-hybridized carbons (Fsp3) is 0.857. The fourth-order valence-electron chi connectivity index (χ4n) is 0.395. The summed E-state index contributed by atoms with van der Waals surface area (Å²) in [5.41, 5.74) is 8.56. The maximum Gasteiger partial charge on any atom is 0.320 e. The molecule has 0 aromatic heterocycles. The van der Waals surface area contributed by atoms with Crippen LogP contribution in [0.5, 0.6) is 0 Å². The van der Waals surface area contributed by atoms with E-state index in [9.17, 15) is 17.8 Å². The number of carbonyl (C=O) groups is 1. The number of hydrogen-bond donors (Lipinski definition) is 3. The van der Waals surface area contributed by atoms with Gasteiger partial charge < -0.3 is 21.1 Å². The van der Waals surface area contributed by atoms with Crippen LogP contribution >= 0.6 is 0 Å². The standard InChI is InChI=1S/C4H9NO5S.C3H9N/c5-3(4(6)7)1-2-11(8,9)10;1-3(2)4/h3H,1-2,5H2,(H,6,7)(H,8,9,10);3H,4H2,1-2H3. The molecule has 0 radical (unpaired) electrons. The molecule has 7 nitrogen and oxygen atoms in total. The van der Waals surface area contributed by atoms with E-state index in [0.29, 0.717) is 6.04 Å². The largest absolute Gasteiger partial charge is 0.748 e. The summed E-state index contributed by atoms with van der Waals surface area (Å²) in [4.78, 5) is 9.99. The maximum absolute atomic E-state index is 9.99. The number of rotatable bonds is 4. The van der Waals surface area contributed by atoms with E-state index in [0.717, 1.165) is 0 Å². The minimum atomic E-state index is -4.35. The number of hydrogen-bond acceptors (Lipinski definition) is 5. The third-order valence-electron chi connectivity index (χ3n) is 0.996. The van der Waals surface area contributed by atoms with Crippen LogP contribution in [0.2, 0.25) is 0 Å². The molecule has 0 rings (SSSR count). The van der Waals surface area contributed by atoms with Crippen LogP contribution in [-0.4, -0.2) is 41.9 Å². The predicted octanol–water partition coefficient (Wildman–Crippen LogP) is -2.03. The summed E-state index contributed by atoms with van der Waals surface area (Å²) in [5, 5.41) is 8.16. The van der Waals surface area contributed by atoms with Crippen molar-refractivity contribution >= 4 is 16.1 Å². The van der Waals surface area contributed by atoms with E-state index >= 15 is 0 Å². The first-order valence-corrected chi connectivity index (χ1v) is 5.89. The highest BCUT2D eigenvalue weighted by molar-refractivity contribution is 7.85. The second kappa shape index (κ2) is 7.57. The molecule has 6 N–H and O–H groups in total. The van der Waals surface area contributed by atoms with Crippen molar-refractivity contribution in [3.8, 4) is 0 Å². The topological polar surface area (TPSA) is 148 Å². The molecule has 0 spiro atoms. The van der Waals surface area contributed by atoms with Gasteiger partial charge in [0.25, 0.3) is 0 Å². The molecule has 0 aromatic carbocycles. The Morgan fingerprint density at radius 1 is 1.53 bits per heavy atom. The lowest BCUT2D eigenvalue weighted by molar-refractivity contribution is -0.407. The van der Waals surface area contributed by atoms with Crippen molar-refractivity contribution in [1.82, 2.24) is 0 Å². The SMILES string of the molecule is CC(C)[NH3+].NC(CCS(=O)(=O)[O-])C(=O)O. The van der Waals surface area contributed by atoms with E-state index in [2.05, 4.69) is 19.6 Å². The molecule has 0 amide bonds. The molecule has 0 aliphatic carbocycles. The van der Waals surface area contributed by atoms with Gasteiger partial charge in [-0.3, -0.25) is 4.79 Å². The lowest BCUT2D eigenvalue weighted by Crippen LogP contribution is -2.57. The van der Waals surface area contributed by atoms with Gasteiger partial charge in [0, 0.05) is 5.75 Å². The molecular formula is C7H18N2O5S. The Morgan fingerprint density at radius 2 is 1.87 bits per heavy atom. The number of carboxylic acid groups (broad SMARTS) is 1. The van der Waals surface area contributed by atoms with Crippen molar-refractivity contribution in [2.75, 3.05) is 5.75 Å². The monoisotopic (exact) mass is 242 g/mol.